The molecule has 2 nitrogen and oxygen atoms in total. The van der Waals surface area contributed by atoms with Crippen LogP contribution in [0, 0.1) is 0 Å². The summed E-state index contributed by atoms with van der Waals surface area (Å²) in [6, 6.07) is 1.06. The predicted molar refractivity (Wildman–Crippen MR) is 44.2 cm³/mol. The standard InChI is InChI=1S/C7H5Cl2F3NO/c1-14-13-3-2-4(8)5(6(13)9)7(10,11)12/h2-3H,1H3/q+1. The Morgan fingerprint density at radius 3 is 2.36 bits per heavy atom. The van der Waals surface area contributed by atoms with Crippen LogP contribution in [0.15, 0.2) is 12.3 Å². The van der Waals surface area contributed by atoms with E-state index >= 15 is 0 Å². The average Bonchev–Trinajstić information content (AvgIpc) is 2.02. The molecule has 0 N–H and O–H groups in total. The van der Waals surface area contributed by atoms with Crippen LogP contribution in [0.5, 0.6) is 0 Å². The van der Waals surface area contributed by atoms with Gasteiger partial charge in [0, 0.05) is 10.8 Å². The number of hydrogen-bond acceptors (Lipinski definition) is 1. The van der Waals surface area contributed by atoms with Crippen molar-refractivity contribution in [1.82, 2.24) is 0 Å². The van der Waals surface area contributed by atoms with E-state index in [1.165, 1.54) is 13.3 Å². The van der Waals surface area contributed by atoms with Crippen LogP contribution in [0.3, 0.4) is 0 Å². The summed E-state index contributed by atoms with van der Waals surface area (Å²) in [6.45, 7) is 0. The third-order valence-corrected chi connectivity index (χ3v) is 2.15. The fourth-order valence-corrected chi connectivity index (χ4v) is 1.52. The topological polar surface area (TPSA) is 13.1 Å². The smallest absolute Gasteiger partial charge is 0.273 e. The summed E-state index contributed by atoms with van der Waals surface area (Å²) < 4.78 is 37.9. The zero-order valence-corrected chi connectivity index (χ0v) is 8.41. The van der Waals surface area contributed by atoms with Gasteiger partial charge >= 0.3 is 11.3 Å². The summed E-state index contributed by atoms with van der Waals surface area (Å²) in [5.41, 5.74) is -1.11. The predicted octanol–water partition coefficient (Wildman–Crippen LogP) is 2.36. The fourth-order valence-electron chi connectivity index (χ4n) is 0.884. The number of pyridine rings is 1. The van der Waals surface area contributed by atoms with Gasteiger partial charge in [-0.3, -0.25) is 4.84 Å². The van der Waals surface area contributed by atoms with Gasteiger partial charge < -0.3 is 0 Å². The van der Waals surface area contributed by atoms with E-state index in [-0.39, 0.29) is 0 Å². The monoisotopic (exact) mass is 246 g/mol. The first-order chi connectivity index (χ1) is 6.38. The summed E-state index contributed by atoms with van der Waals surface area (Å²) in [4.78, 5) is 4.56. The molecule has 0 bridgehead atoms. The van der Waals surface area contributed by atoms with E-state index in [1.54, 1.807) is 0 Å². The normalized spacial score (nSPS) is 11.6. The lowest BCUT2D eigenvalue weighted by molar-refractivity contribution is -0.884. The van der Waals surface area contributed by atoms with Crippen LogP contribution in [0.4, 0.5) is 13.2 Å². The van der Waals surface area contributed by atoms with Crippen molar-refractivity contribution in [2.24, 2.45) is 0 Å². The first-order valence-corrected chi connectivity index (χ1v) is 4.15. The van der Waals surface area contributed by atoms with Crippen molar-refractivity contribution in [1.29, 1.82) is 0 Å². The van der Waals surface area contributed by atoms with Crippen LogP contribution in [0.25, 0.3) is 0 Å². The summed E-state index contributed by atoms with van der Waals surface area (Å²) >= 11 is 10.8. The third kappa shape index (κ3) is 2.04. The van der Waals surface area contributed by atoms with Gasteiger partial charge in [0.25, 0.3) is 0 Å². The summed E-state index contributed by atoms with van der Waals surface area (Å²) in [7, 11) is 1.19. The third-order valence-electron chi connectivity index (χ3n) is 1.48. The van der Waals surface area contributed by atoms with Crippen LogP contribution in [0.1, 0.15) is 5.56 Å². The van der Waals surface area contributed by atoms with Crippen LogP contribution in [-0.4, -0.2) is 7.11 Å². The highest BCUT2D eigenvalue weighted by Gasteiger charge is 2.41. The van der Waals surface area contributed by atoms with Gasteiger partial charge in [-0.05, 0) is 11.6 Å². The number of halogens is 5. The van der Waals surface area contributed by atoms with Crippen molar-refractivity contribution in [3.63, 3.8) is 0 Å². The first kappa shape index (κ1) is 11.4. The highest BCUT2D eigenvalue weighted by Crippen LogP contribution is 2.37. The molecule has 1 aromatic heterocycles. The number of nitrogens with zero attached hydrogens (tertiary/aromatic N) is 1. The number of hydrogen-bond donors (Lipinski definition) is 0. The SMILES string of the molecule is CO[n+]1ccc(Cl)c(C(F)(F)F)c1Cl. The molecule has 0 amide bonds. The minimum atomic E-state index is -4.60. The Labute approximate surface area is 87.8 Å². The molecule has 1 aromatic rings. The van der Waals surface area contributed by atoms with Crippen LogP contribution in [0.2, 0.25) is 10.2 Å². The van der Waals surface area contributed by atoms with Crippen LogP contribution < -0.4 is 9.57 Å². The van der Waals surface area contributed by atoms with Gasteiger partial charge in [-0.15, -0.1) is 0 Å². The Morgan fingerprint density at radius 2 is 1.93 bits per heavy atom. The zero-order valence-electron chi connectivity index (χ0n) is 6.90. The molecule has 0 saturated heterocycles. The van der Waals surface area contributed by atoms with Crippen molar-refractivity contribution >= 4 is 23.2 Å². The summed E-state index contributed by atoms with van der Waals surface area (Å²) in [5.74, 6) is 0. The molecule has 0 aliphatic carbocycles. The van der Waals surface area contributed by atoms with Crippen molar-refractivity contribution in [3.8, 4) is 0 Å². The van der Waals surface area contributed by atoms with Gasteiger partial charge in [-0.1, -0.05) is 11.6 Å². The molecular weight excluding hydrogens is 242 g/mol. The van der Waals surface area contributed by atoms with Crippen molar-refractivity contribution in [2.75, 3.05) is 7.11 Å². The minimum absolute atomic E-state index is 0.462. The largest absolute Gasteiger partial charge is 0.425 e. The van der Waals surface area contributed by atoms with E-state index in [2.05, 4.69) is 4.84 Å². The Hall–Kier alpha value is -0.680. The van der Waals surface area contributed by atoms with Crippen molar-refractivity contribution in [2.45, 2.75) is 6.18 Å². The molecule has 0 aliphatic heterocycles. The lowest BCUT2D eigenvalue weighted by Crippen LogP contribution is -2.42. The zero-order chi connectivity index (χ0) is 10.9. The van der Waals surface area contributed by atoms with Gasteiger partial charge in [0.2, 0.25) is 6.20 Å². The Kier molecular flexibility index (Phi) is 3.11. The maximum atomic E-state index is 12.4. The van der Waals surface area contributed by atoms with Gasteiger partial charge in [0.1, 0.15) is 7.11 Å². The second-order valence-corrected chi connectivity index (χ2v) is 3.10. The molecule has 78 valence electrons. The Bertz CT molecular complexity index is 354. The number of alkyl halides is 3. The van der Waals surface area contributed by atoms with Gasteiger partial charge in [0.05, 0.1) is 5.02 Å². The number of aromatic nitrogens is 1. The summed E-state index contributed by atoms with van der Waals surface area (Å²) in [6.07, 6.45) is -3.41. The molecule has 0 atom stereocenters. The second-order valence-electron chi connectivity index (χ2n) is 2.34. The van der Waals surface area contributed by atoms with Crippen LogP contribution in [-0.2, 0) is 6.18 Å². The highest BCUT2D eigenvalue weighted by atomic mass is 35.5. The Balaban J connectivity index is 3.40. The van der Waals surface area contributed by atoms with Crippen molar-refractivity contribution in [3.05, 3.63) is 28.0 Å². The summed E-state index contributed by atoms with van der Waals surface area (Å²) in [5, 5.41) is -1.07. The minimum Gasteiger partial charge on any atom is -0.273 e. The molecular formula is C7H5Cl2F3NO+. The van der Waals surface area contributed by atoms with Gasteiger partial charge in [-0.25, -0.2) is 0 Å². The van der Waals surface area contributed by atoms with E-state index < -0.39 is 21.9 Å². The second kappa shape index (κ2) is 3.82. The Morgan fingerprint density at radius 1 is 1.36 bits per heavy atom. The fraction of sp³-hybridized carbons (Fsp3) is 0.286. The molecule has 7 heteroatoms. The van der Waals surface area contributed by atoms with E-state index in [0.29, 0.717) is 0 Å². The maximum Gasteiger partial charge on any atom is 0.425 e. The van der Waals surface area contributed by atoms with Gasteiger partial charge in [0.15, 0.2) is 5.56 Å². The first-order valence-electron chi connectivity index (χ1n) is 3.39. The molecule has 0 spiro atoms. The molecule has 1 heterocycles. The number of rotatable bonds is 1. The molecule has 0 aromatic carbocycles. The van der Waals surface area contributed by atoms with Crippen molar-refractivity contribution < 1.29 is 22.7 Å². The van der Waals surface area contributed by atoms with Crippen LogP contribution >= 0.6 is 23.2 Å². The molecule has 0 saturated carbocycles. The maximum absolute atomic E-state index is 12.4. The molecule has 0 aliphatic rings. The van der Waals surface area contributed by atoms with E-state index in [0.717, 1.165) is 10.8 Å². The lowest BCUT2D eigenvalue weighted by Gasteiger charge is -2.07. The quantitative estimate of drug-likeness (QED) is 0.548. The van der Waals surface area contributed by atoms with E-state index in [1.807, 2.05) is 0 Å². The molecule has 0 unspecified atom stereocenters. The molecule has 1 rings (SSSR count). The van der Waals surface area contributed by atoms with E-state index in [9.17, 15) is 13.2 Å². The molecule has 14 heavy (non-hydrogen) atoms. The lowest BCUT2D eigenvalue weighted by atomic mass is 10.3. The van der Waals surface area contributed by atoms with Gasteiger partial charge in [-0.2, -0.15) is 13.2 Å². The molecule has 0 fully saturated rings. The molecule has 0 radical (unpaired) electrons. The van der Waals surface area contributed by atoms with E-state index in [4.69, 9.17) is 23.2 Å². The average molecular weight is 247 g/mol. The highest BCUT2D eigenvalue weighted by molar-refractivity contribution is 6.34.